The highest BCUT2D eigenvalue weighted by atomic mass is 14.3. The molecule has 484 valence electrons. The molecule has 0 bridgehead atoms. The topological polar surface area (TPSA) is 0 Å². The second-order valence-corrected chi connectivity index (χ2v) is 30.9. The standard InChI is InChI=1S/C52H54.C44H38.CH4/c1-51(2,3)41-25-19-35(20-26-41)17-23-39-33-47(37-13-9-7-10-14-37)45-32-30-44-40(24-18-36-21-27-42(28-22-36)52(4,5)6)34-48(38-15-11-8-12-16-38)46-31-29-43(39)49(45)50(44)46;1-5-13-31(14-6-1)21-23-35-29-41(33-17-9-3-10-18-33)39-28-26-38-36(24-22-32-15-7-2-8-16-32)30-42(34-19-11-4-12-20-34)40-27-25-37(35)43(39)44(38)40;/h19-22,25-34,37-38H,7-16H2,1-6H3;1-2,5-8,13-16,25-30,33-34H,3-4,9-12,17-20H2;1H4. The van der Waals surface area contributed by atoms with Crippen molar-refractivity contribution in [3.63, 3.8) is 0 Å². The van der Waals surface area contributed by atoms with Crippen LogP contribution in [0.1, 0.15) is 279 Å². The first-order valence-electron chi connectivity index (χ1n) is 36.8. The normalized spacial score (nSPS) is 16.0. The maximum Gasteiger partial charge on any atom is 0.0331 e. The van der Waals surface area contributed by atoms with Gasteiger partial charge >= 0.3 is 0 Å². The van der Waals surface area contributed by atoms with Gasteiger partial charge in [0, 0.05) is 44.5 Å². The van der Waals surface area contributed by atoms with Crippen molar-refractivity contribution in [3.8, 4) is 47.4 Å². The Kier molecular flexibility index (Phi) is 19.0. The molecule has 0 radical (unpaired) electrons. The molecular weight excluding hydrogens is 1170 g/mol. The number of hydrogen-bond acceptors (Lipinski definition) is 0. The van der Waals surface area contributed by atoms with Gasteiger partial charge in [0.1, 0.15) is 0 Å². The molecular formula is C97H96. The molecule has 0 unspecified atom stereocenters. The van der Waals surface area contributed by atoms with Crippen molar-refractivity contribution in [1.82, 2.24) is 0 Å². The first-order valence-corrected chi connectivity index (χ1v) is 36.8. The summed E-state index contributed by atoms with van der Waals surface area (Å²) >= 11 is 0. The van der Waals surface area contributed by atoms with E-state index >= 15 is 0 Å². The maximum atomic E-state index is 3.73. The maximum absolute atomic E-state index is 3.73. The molecule has 0 saturated heterocycles. The van der Waals surface area contributed by atoms with Crippen molar-refractivity contribution in [2.45, 2.75) is 212 Å². The van der Waals surface area contributed by atoms with E-state index in [1.807, 2.05) is 0 Å². The van der Waals surface area contributed by atoms with E-state index in [0.29, 0.717) is 23.7 Å². The fraction of sp³-hybridized carbons (Fsp3) is 0.340. The zero-order valence-corrected chi connectivity index (χ0v) is 57.8. The molecule has 4 aliphatic carbocycles. The molecule has 12 aromatic rings. The van der Waals surface area contributed by atoms with Crippen LogP contribution < -0.4 is 0 Å². The van der Waals surface area contributed by atoms with Crippen LogP contribution in [0.15, 0.2) is 182 Å². The van der Waals surface area contributed by atoms with Gasteiger partial charge in [0.05, 0.1) is 0 Å². The Hall–Kier alpha value is -9.04. The molecule has 0 spiro atoms. The molecule has 0 atom stereocenters. The summed E-state index contributed by atoms with van der Waals surface area (Å²) in [6.45, 7) is 13.6. The minimum Gasteiger partial charge on any atom is -0.0776 e. The van der Waals surface area contributed by atoms with Gasteiger partial charge in [-0.3, -0.25) is 0 Å². The van der Waals surface area contributed by atoms with Crippen molar-refractivity contribution in [2.75, 3.05) is 0 Å². The Balaban J connectivity index is 0.000000167. The molecule has 0 nitrogen and oxygen atoms in total. The third-order valence-corrected chi connectivity index (χ3v) is 22.5. The first kappa shape index (κ1) is 65.3. The molecule has 12 aromatic carbocycles. The number of rotatable bonds is 4. The quantitative estimate of drug-likeness (QED) is 0.122. The lowest BCUT2D eigenvalue weighted by molar-refractivity contribution is 0.445. The molecule has 0 aromatic heterocycles. The molecule has 0 heteroatoms. The molecule has 97 heavy (non-hydrogen) atoms. The van der Waals surface area contributed by atoms with Crippen molar-refractivity contribution in [2.24, 2.45) is 0 Å². The molecule has 4 saturated carbocycles. The molecule has 4 aliphatic rings. The molecule has 16 rings (SSSR count). The highest BCUT2D eigenvalue weighted by molar-refractivity contribution is 6.27. The first-order chi connectivity index (χ1) is 46.9. The Morgan fingerprint density at radius 1 is 0.237 bits per heavy atom. The predicted molar refractivity (Wildman–Crippen MR) is 417 cm³/mol. The predicted octanol–water partition coefficient (Wildman–Crippen LogP) is 26.2. The van der Waals surface area contributed by atoms with Gasteiger partial charge in [-0.1, -0.05) is 283 Å². The van der Waals surface area contributed by atoms with Gasteiger partial charge in [0.2, 0.25) is 0 Å². The molecule has 0 heterocycles. The Morgan fingerprint density at radius 3 is 0.680 bits per heavy atom. The lowest BCUT2D eigenvalue weighted by Crippen LogP contribution is -2.10. The summed E-state index contributed by atoms with van der Waals surface area (Å²) in [5.41, 5.74) is 17.9. The van der Waals surface area contributed by atoms with Gasteiger partial charge in [-0.25, -0.2) is 0 Å². The van der Waals surface area contributed by atoms with Crippen LogP contribution in [0.5, 0.6) is 0 Å². The molecule has 0 N–H and O–H groups in total. The third-order valence-electron chi connectivity index (χ3n) is 22.5. The van der Waals surface area contributed by atoms with Gasteiger partial charge in [-0.2, -0.15) is 0 Å². The van der Waals surface area contributed by atoms with Gasteiger partial charge in [-0.05, 0) is 257 Å². The summed E-state index contributed by atoms with van der Waals surface area (Å²) in [6, 6.07) is 67.7. The summed E-state index contributed by atoms with van der Waals surface area (Å²) in [6.07, 6.45) is 26.1. The van der Waals surface area contributed by atoms with Crippen molar-refractivity contribution in [3.05, 3.63) is 260 Å². The van der Waals surface area contributed by atoms with Gasteiger partial charge in [0.15, 0.2) is 0 Å². The van der Waals surface area contributed by atoms with E-state index in [1.54, 1.807) is 0 Å². The summed E-state index contributed by atoms with van der Waals surface area (Å²) in [4.78, 5) is 0. The monoisotopic (exact) mass is 1260 g/mol. The van der Waals surface area contributed by atoms with Crippen LogP contribution in [0.4, 0.5) is 0 Å². The average Bonchev–Trinajstić information content (AvgIpc) is 0.722. The van der Waals surface area contributed by atoms with Crippen molar-refractivity contribution >= 4 is 64.6 Å². The van der Waals surface area contributed by atoms with E-state index in [9.17, 15) is 0 Å². The lowest BCUT2D eigenvalue weighted by atomic mass is 9.77. The highest BCUT2D eigenvalue weighted by Gasteiger charge is 2.28. The van der Waals surface area contributed by atoms with Crippen LogP contribution in [0.3, 0.4) is 0 Å². The average molecular weight is 1260 g/mol. The van der Waals surface area contributed by atoms with E-state index < -0.39 is 0 Å². The third kappa shape index (κ3) is 13.6. The molecule has 0 aliphatic heterocycles. The second-order valence-electron chi connectivity index (χ2n) is 30.9. The van der Waals surface area contributed by atoms with Crippen LogP contribution in [-0.2, 0) is 10.8 Å². The van der Waals surface area contributed by atoms with E-state index in [1.165, 1.54) is 226 Å². The van der Waals surface area contributed by atoms with E-state index in [-0.39, 0.29) is 18.3 Å². The van der Waals surface area contributed by atoms with Gasteiger partial charge in [-0.15, -0.1) is 0 Å². The summed E-state index contributed by atoms with van der Waals surface area (Å²) in [5.74, 6) is 31.3. The fourth-order valence-corrected chi connectivity index (χ4v) is 17.2. The lowest BCUT2D eigenvalue weighted by Gasteiger charge is -2.27. The van der Waals surface area contributed by atoms with Crippen molar-refractivity contribution in [1.29, 1.82) is 0 Å². The van der Waals surface area contributed by atoms with Gasteiger partial charge < -0.3 is 0 Å². The van der Waals surface area contributed by atoms with Crippen molar-refractivity contribution < 1.29 is 0 Å². The Labute approximate surface area is 580 Å². The van der Waals surface area contributed by atoms with E-state index in [0.717, 1.165) is 44.5 Å². The Bertz CT molecular complexity index is 4740. The minimum absolute atomic E-state index is 0. The fourth-order valence-electron chi connectivity index (χ4n) is 17.2. The zero-order chi connectivity index (χ0) is 65.3. The second kappa shape index (κ2) is 28.2. The summed E-state index contributed by atoms with van der Waals surface area (Å²) in [7, 11) is 0. The summed E-state index contributed by atoms with van der Waals surface area (Å²) in [5, 5.41) is 16.5. The van der Waals surface area contributed by atoms with E-state index in [4.69, 9.17) is 0 Å². The number of benzene rings is 12. The Morgan fingerprint density at radius 2 is 0.454 bits per heavy atom. The van der Waals surface area contributed by atoms with Gasteiger partial charge in [0.25, 0.3) is 0 Å². The van der Waals surface area contributed by atoms with Crippen LogP contribution in [0, 0.1) is 47.4 Å². The molecule has 0 amide bonds. The van der Waals surface area contributed by atoms with Crippen LogP contribution in [0.2, 0.25) is 0 Å². The van der Waals surface area contributed by atoms with E-state index in [2.05, 4.69) is 271 Å². The SMILES string of the molecule is C.C(#Cc1cc(C2CCCCC2)c2ccc3c(C#Cc4ccccc4)cc(C4CCCCC4)c4ccc1c2c34)c1ccccc1.CC(C)(C)c1ccc(C#Cc2cc(C3CCCCC3)c3ccc4c(C#Cc5ccc(C(C)(C)C)cc5)cc(C5CCCCC5)c5ccc2c3c45)cc1. The number of hydrogen-bond donors (Lipinski definition) is 0. The van der Waals surface area contributed by atoms with Crippen LogP contribution in [0.25, 0.3) is 64.6 Å². The summed E-state index contributed by atoms with van der Waals surface area (Å²) < 4.78 is 0. The largest absolute Gasteiger partial charge is 0.0776 e. The highest BCUT2D eigenvalue weighted by Crippen LogP contribution is 2.50. The molecule has 4 fully saturated rings. The zero-order valence-electron chi connectivity index (χ0n) is 57.8. The minimum atomic E-state index is 0. The van der Waals surface area contributed by atoms with Crippen LogP contribution >= 0.6 is 0 Å². The van der Waals surface area contributed by atoms with Crippen LogP contribution in [-0.4, -0.2) is 0 Å². The smallest absolute Gasteiger partial charge is 0.0331 e.